The van der Waals surface area contributed by atoms with E-state index in [2.05, 4.69) is 10.3 Å². The normalized spacial score (nSPS) is 10.2. The first-order chi connectivity index (χ1) is 11.7. The maximum atomic E-state index is 11.7. The van der Waals surface area contributed by atoms with Crippen LogP contribution in [0.3, 0.4) is 0 Å². The van der Waals surface area contributed by atoms with Crippen LogP contribution in [0, 0.1) is 0 Å². The molecule has 0 aliphatic heterocycles. The summed E-state index contributed by atoms with van der Waals surface area (Å²) in [4.78, 5) is 26.4. The molecule has 3 rings (SSSR count). The molecule has 5 heteroatoms. The molecule has 24 heavy (non-hydrogen) atoms. The van der Waals surface area contributed by atoms with E-state index in [-0.39, 0.29) is 11.4 Å². The predicted octanol–water partition coefficient (Wildman–Crippen LogP) is 3.68. The molecule has 118 valence electrons. The largest absolute Gasteiger partial charge is 0.478 e. The lowest BCUT2D eigenvalue weighted by atomic mass is 9.92. The van der Waals surface area contributed by atoms with Gasteiger partial charge in [0.15, 0.2) is 0 Å². The number of hydrogen-bond acceptors (Lipinski definition) is 3. The van der Waals surface area contributed by atoms with Crippen LogP contribution >= 0.6 is 0 Å². The number of aromatic carboxylic acids is 1. The lowest BCUT2D eigenvalue weighted by Gasteiger charge is -2.14. The number of amides is 1. The summed E-state index contributed by atoms with van der Waals surface area (Å²) in [7, 11) is 0. The van der Waals surface area contributed by atoms with Crippen LogP contribution in [-0.4, -0.2) is 22.5 Å². The number of anilines is 1. The smallest absolute Gasteiger partial charge is 0.340 e. The Hall–Kier alpha value is -3.47. The van der Waals surface area contributed by atoms with E-state index in [9.17, 15) is 14.7 Å². The van der Waals surface area contributed by atoms with Gasteiger partial charge in [-0.15, -0.1) is 0 Å². The standard InChI is InChI=1S/C19H14N2O3/c22-12-21-18-17(19(23)24)16(10-11-20-18)15-9-5-4-8-14(15)13-6-2-1-3-7-13/h1-12H,(H,23,24)(H,20,21,22). The van der Waals surface area contributed by atoms with Crippen LogP contribution in [-0.2, 0) is 4.79 Å². The van der Waals surface area contributed by atoms with E-state index in [4.69, 9.17) is 0 Å². The van der Waals surface area contributed by atoms with Crippen molar-refractivity contribution in [3.63, 3.8) is 0 Å². The second kappa shape index (κ2) is 6.75. The van der Waals surface area contributed by atoms with E-state index < -0.39 is 5.97 Å². The number of carboxylic acid groups (broad SMARTS) is 1. The van der Waals surface area contributed by atoms with Crippen LogP contribution in [0.4, 0.5) is 5.82 Å². The van der Waals surface area contributed by atoms with Gasteiger partial charge in [0, 0.05) is 11.8 Å². The van der Waals surface area contributed by atoms with Crippen molar-refractivity contribution in [2.24, 2.45) is 0 Å². The summed E-state index contributed by atoms with van der Waals surface area (Å²) in [6, 6.07) is 18.9. The molecule has 3 aromatic rings. The van der Waals surface area contributed by atoms with Gasteiger partial charge in [-0.25, -0.2) is 9.78 Å². The Morgan fingerprint density at radius 2 is 1.58 bits per heavy atom. The van der Waals surface area contributed by atoms with Crippen LogP contribution in [0.15, 0.2) is 66.9 Å². The van der Waals surface area contributed by atoms with Gasteiger partial charge in [0.05, 0.1) is 0 Å². The third-order valence-electron chi connectivity index (χ3n) is 3.66. The van der Waals surface area contributed by atoms with Crippen LogP contribution in [0.1, 0.15) is 10.4 Å². The third kappa shape index (κ3) is 2.87. The number of benzene rings is 2. The van der Waals surface area contributed by atoms with Crippen molar-refractivity contribution < 1.29 is 14.7 Å². The topological polar surface area (TPSA) is 79.3 Å². The highest BCUT2D eigenvalue weighted by Crippen LogP contribution is 2.35. The zero-order valence-electron chi connectivity index (χ0n) is 12.6. The minimum Gasteiger partial charge on any atom is -0.478 e. The maximum Gasteiger partial charge on any atom is 0.340 e. The van der Waals surface area contributed by atoms with E-state index in [0.717, 1.165) is 16.7 Å². The molecule has 2 aromatic carbocycles. The molecule has 0 aliphatic rings. The van der Waals surface area contributed by atoms with Crippen molar-refractivity contribution in [2.45, 2.75) is 0 Å². The Morgan fingerprint density at radius 1 is 0.917 bits per heavy atom. The quantitative estimate of drug-likeness (QED) is 0.703. The number of pyridine rings is 1. The predicted molar refractivity (Wildman–Crippen MR) is 91.8 cm³/mol. The lowest BCUT2D eigenvalue weighted by molar-refractivity contribution is -0.105. The van der Waals surface area contributed by atoms with Gasteiger partial charge in [0.2, 0.25) is 6.41 Å². The minimum atomic E-state index is -1.15. The number of hydrogen-bond donors (Lipinski definition) is 2. The van der Waals surface area contributed by atoms with Crippen molar-refractivity contribution in [2.75, 3.05) is 5.32 Å². The van der Waals surface area contributed by atoms with E-state index in [0.29, 0.717) is 12.0 Å². The summed E-state index contributed by atoms with van der Waals surface area (Å²) in [5, 5.41) is 12.0. The highest BCUT2D eigenvalue weighted by atomic mass is 16.4. The van der Waals surface area contributed by atoms with Crippen molar-refractivity contribution in [1.82, 2.24) is 4.98 Å². The van der Waals surface area contributed by atoms with E-state index in [1.54, 1.807) is 6.07 Å². The van der Waals surface area contributed by atoms with Gasteiger partial charge in [-0.3, -0.25) is 4.79 Å². The summed E-state index contributed by atoms with van der Waals surface area (Å²) in [5.41, 5.74) is 3.11. The number of carbonyl (C=O) groups is 2. The van der Waals surface area contributed by atoms with E-state index >= 15 is 0 Å². The first-order valence-corrected chi connectivity index (χ1v) is 7.29. The van der Waals surface area contributed by atoms with Gasteiger partial charge >= 0.3 is 5.97 Å². The first-order valence-electron chi connectivity index (χ1n) is 7.29. The van der Waals surface area contributed by atoms with Crippen molar-refractivity contribution in [3.8, 4) is 22.3 Å². The van der Waals surface area contributed by atoms with Gasteiger partial charge in [-0.2, -0.15) is 0 Å². The maximum absolute atomic E-state index is 11.7. The number of rotatable bonds is 5. The Bertz CT molecular complexity index is 892. The molecular weight excluding hydrogens is 304 g/mol. The molecule has 0 atom stereocenters. The number of nitrogens with zero attached hydrogens (tertiary/aromatic N) is 1. The number of carbonyl (C=O) groups excluding carboxylic acids is 1. The lowest BCUT2D eigenvalue weighted by Crippen LogP contribution is -2.08. The van der Waals surface area contributed by atoms with E-state index in [1.807, 2.05) is 54.6 Å². The molecule has 0 bridgehead atoms. The fourth-order valence-electron chi connectivity index (χ4n) is 2.66. The summed E-state index contributed by atoms with van der Waals surface area (Å²) in [6.07, 6.45) is 1.90. The molecule has 0 aliphatic carbocycles. The third-order valence-corrected chi connectivity index (χ3v) is 3.66. The molecule has 0 fully saturated rings. The molecule has 5 nitrogen and oxygen atoms in total. The monoisotopic (exact) mass is 318 g/mol. The molecule has 1 aromatic heterocycles. The average Bonchev–Trinajstić information content (AvgIpc) is 2.62. The highest BCUT2D eigenvalue weighted by Gasteiger charge is 2.19. The Morgan fingerprint density at radius 3 is 2.25 bits per heavy atom. The number of aromatic nitrogens is 1. The first kappa shape index (κ1) is 15.4. The summed E-state index contributed by atoms with van der Waals surface area (Å²) in [5.74, 6) is -1.12. The van der Waals surface area contributed by atoms with Crippen molar-refractivity contribution >= 4 is 18.2 Å². The molecule has 2 N–H and O–H groups in total. The van der Waals surface area contributed by atoms with Crippen molar-refractivity contribution in [3.05, 3.63) is 72.4 Å². The van der Waals surface area contributed by atoms with Gasteiger partial charge in [0.25, 0.3) is 0 Å². The molecule has 0 saturated carbocycles. The molecule has 0 radical (unpaired) electrons. The minimum absolute atomic E-state index is 0.0258. The second-order valence-corrected chi connectivity index (χ2v) is 5.06. The highest BCUT2D eigenvalue weighted by molar-refractivity contribution is 6.04. The zero-order chi connectivity index (χ0) is 16.9. The van der Waals surface area contributed by atoms with Crippen molar-refractivity contribution in [1.29, 1.82) is 0 Å². The van der Waals surface area contributed by atoms with Crippen LogP contribution in [0.2, 0.25) is 0 Å². The molecular formula is C19H14N2O3. The van der Waals surface area contributed by atoms with Crippen LogP contribution in [0.5, 0.6) is 0 Å². The SMILES string of the molecule is O=CNc1nccc(-c2ccccc2-c2ccccc2)c1C(=O)O. The Kier molecular flexibility index (Phi) is 4.34. The molecule has 1 heterocycles. The van der Waals surface area contributed by atoms with Gasteiger partial charge in [0.1, 0.15) is 11.4 Å². The summed E-state index contributed by atoms with van der Waals surface area (Å²) in [6.45, 7) is 0. The second-order valence-electron chi connectivity index (χ2n) is 5.06. The van der Waals surface area contributed by atoms with Crippen LogP contribution < -0.4 is 5.32 Å². The average molecular weight is 318 g/mol. The van der Waals surface area contributed by atoms with Gasteiger partial charge < -0.3 is 10.4 Å². The summed E-state index contributed by atoms with van der Waals surface area (Å²) >= 11 is 0. The van der Waals surface area contributed by atoms with Gasteiger partial charge in [-0.1, -0.05) is 54.6 Å². The molecule has 0 saturated heterocycles. The number of nitrogens with one attached hydrogen (secondary N) is 1. The van der Waals surface area contributed by atoms with E-state index in [1.165, 1.54) is 6.20 Å². The zero-order valence-corrected chi connectivity index (χ0v) is 12.6. The summed E-state index contributed by atoms with van der Waals surface area (Å²) < 4.78 is 0. The fourth-order valence-corrected chi connectivity index (χ4v) is 2.66. The van der Waals surface area contributed by atoms with Crippen LogP contribution in [0.25, 0.3) is 22.3 Å². The molecule has 1 amide bonds. The Balaban J connectivity index is 2.26. The fraction of sp³-hybridized carbons (Fsp3) is 0. The molecule has 0 unspecified atom stereocenters. The number of carboxylic acids is 1. The molecule has 0 spiro atoms. The Labute approximate surface area is 138 Å². The van der Waals surface area contributed by atoms with Gasteiger partial charge in [-0.05, 0) is 22.8 Å².